The molecule has 0 aliphatic heterocycles. The van der Waals surface area contributed by atoms with E-state index in [1.165, 1.54) is 37.3 Å². The summed E-state index contributed by atoms with van der Waals surface area (Å²) < 4.78 is 25.1. The molecule has 3 aromatic rings. The highest BCUT2D eigenvalue weighted by Crippen LogP contribution is 2.30. The molecule has 28 heavy (non-hydrogen) atoms. The molecule has 0 spiro atoms. The minimum absolute atomic E-state index is 0.0931. The summed E-state index contributed by atoms with van der Waals surface area (Å²) in [5.41, 5.74) is 2.79. The van der Waals surface area contributed by atoms with Crippen LogP contribution in [0, 0.1) is 6.92 Å². The molecule has 0 atom stereocenters. The van der Waals surface area contributed by atoms with Crippen LogP contribution >= 0.6 is 27.3 Å². The van der Waals surface area contributed by atoms with Gasteiger partial charge in [-0.1, -0.05) is 40.2 Å². The van der Waals surface area contributed by atoms with Gasteiger partial charge in [-0.3, -0.25) is 4.79 Å². The van der Waals surface area contributed by atoms with Gasteiger partial charge in [0.15, 0.2) is 15.0 Å². The maximum absolute atomic E-state index is 13.0. The van der Waals surface area contributed by atoms with Gasteiger partial charge in [-0.05, 0) is 50.6 Å². The third-order valence-electron chi connectivity index (χ3n) is 4.49. The number of carbonyl (C=O) groups is 1. The van der Waals surface area contributed by atoms with Crippen molar-refractivity contribution in [3.05, 3.63) is 63.9 Å². The van der Waals surface area contributed by atoms with Gasteiger partial charge in [-0.2, -0.15) is 0 Å². The lowest BCUT2D eigenvalue weighted by Gasteiger charge is -2.23. The predicted octanol–water partition coefficient (Wildman–Crippen LogP) is 5.07. The summed E-state index contributed by atoms with van der Waals surface area (Å²) in [6.07, 6.45) is 0. The summed E-state index contributed by atoms with van der Waals surface area (Å²) in [7, 11) is -3.88. The second kappa shape index (κ2) is 7.77. The van der Waals surface area contributed by atoms with Crippen molar-refractivity contribution in [3.8, 4) is 11.3 Å². The molecular formula is C20H19BrN2O3S2. The van der Waals surface area contributed by atoms with Crippen molar-refractivity contribution < 1.29 is 13.2 Å². The van der Waals surface area contributed by atoms with Gasteiger partial charge in [0.05, 0.1) is 10.6 Å². The number of anilines is 1. The van der Waals surface area contributed by atoms with Gasteiger partial charge in [0.2, 0.25) is 5.91 Å². The summed E-state index contributed by atoms with van der Waals surface area (Å²) in [5.74, 6) is -0.624. The largest absolute Gasteiger partial charge is 0.301 e. The van der Waals surface area contributed by atoms with E-state index in [2.05, 4.69) is 26.2 Å². The van der Waals surface area contributed by atoms with Crippen LogP contribution in [0.3, 0.4) is 0 Å². The smallest absolute Gasteiger partial charge is 0.247 e. The van der Waals surface area contributed by atoms with Gasteiger partial charge in [-0.25, -0.2) is 13.4 Å². The highest BCUT2D eigenvalue weighted by Gasteiger charge is 2.43. The van der Waals surface area contributed by atoms with Crippen molar-refractivity contribution in [1.82, 2.24) is 4.98 Å². The molecule has 0 aliphatic rings. The van der Waals surface area contributed by atoms with Crippen molar-refractivity contribution >= 4 is 48.1 Å². The summed E-state index contributed by atoms with van der Waals surface area (Å²) in [4.78, 5) is 17.3. The van der Waals surface area contributed by atoms with E-state index in [0.717, 1.165) is 21.3 Å². The van der Waals surface area contributed by atoms with Gasteiger partial charge >= 0.3 is 0 Å². The molecule has 8 heteroatoms. The average Bonchev–Trinajstić information content (AvgIpc) is 3.10. The average molecular weight is 479 g/mol. The number of aromatic nitrogens is 1. The molecule has 3 rings (SSSR count). The molecular weight excluding hydrogens is 460 g/mol. The zero-order valence-corrected chi connectivity index (χ0v) is 18.8. The van der Waals surface area contributed by atoms with E-state index in [-0.39, 0.29) is 4.90 Å². The van der Waals surface area contributed by atoms with E-state index >= 15 is 0 Å². The monoisotopic (exact) mass is 478 g/mol. The van der Waals surface area contributed by atoms with Crippen LogP contribution in [0.15, 0.2) is 63.3 Å². The van der Waals surface area contributed by atoms with E-state index < -0.39 is 20.5 Å². The predicted molar refractivity (Wildman–Crippen MR) is 116 cm³/mol. The summed E-state index contributed by atoms with van der Waals surface area (Å²) >= 11 is 4.54. The molecule has 1 amide bonds. The van der Waals surface area contributed by atoms with E-state index in [9.17, 15) is 13.2 Å². The topological polar surface area (TPSA) is 76.1 Å². The minimum atomic E-state index is -3.88. The molecule has 146 valence electrons. The number of sulfone groups is 1. The molecule has 1 aromatic heterocycles. The fourth-order valence-electron chi connectivity index (χ4n) is 2.59. The maximum atomic E-state index is 13.0. The number of nitrogens with zero attached hydrogens (tertiary/aromatic N) is 1. The number of thiazole rings is 1. The lowest BCUT2D eigenvalue weighted by atomic mass is 10.1. The first-order valence-electron chi connectivity index (χ1n) is 8.46. The molecule has 0 saturated heterocycles. The second-order valence-electron chi connectivity index (χ2n) is 6.77. The zero-order chi connectivity index (χ0) is 20.5. The summed E-state index contributed by atoms with van der Waals surface area (Å²) in [6, 6.07) is 14.0. The molecule has 0 radical (unpaired) electrons. The Balaban J connectivity index is 1.84. The van der Waals surface area contributed by atoms with Crippen molar-refractivity contribution in [2.75, 3.05) is 5.32 Å². The van der Waals surface area contributed by atoms with Crippen LogP contribution in [0.4, 0.5) is 5.13 Å². The van der Waals surface area contributed by atoms with Gasteiger partial charge < -0.3 is 5.32 Å². The Morgan fingerprint density at radius 2 is 1.75 bits per heavy atom. The molecule has 0 saturated carbocycles. The number of hydrogen-bond acceptors (Lipinski definition) is 5. The number of benzene rings is 2. The molecule has 2 aromatic carbocycles. The highest BCUT2D eigenvalue weighted by molar-refractivity contribution is 9.10. The molecule has 1 N–H and O–H groups in total. The summed E-state index contributed by atoms with van der Waals surface area (Å²) in [5, 5.41) is 4.86. The quantitative estimate of drug-likeness (QED) is 0.554. The molecule has 0 bridgehead atoms. The maximum Gasteiger partial charge on any atom is 0.247 e. The number of halogens is 1. The second-order valence-corrected chi connectivity index (χ2v) is 11.0. The zero-order valence-electron chi connectivity index (χ0n) is 15.6. The minimum Gasteiger partial charge on any atom is -0.301 e. The first-order valence-corrected chi connectivity index (χ1v) is 11.6. The van der Waals surface area contributed by atoms with E-state index in [1.807, 2.05) is 36.6 Å². The third kappa shape index (κ3) is 3.90. The first kappa shape index (κ1) is 20.7. The lowest BCUT2D eigenvalue weighted by molar-refractivity contribution is -0.117. The van der Waals surface area contributed by atoms with Crippen LogP contribution in [0.5, 0.6) is 0 Å². The van der Waals surface area contributed by atoms with Crippen LogP contribution in [0.2, 0.25) is 0 Å². The number of amides is 1. The standard InChI is InChI=1S/C20H19BrN2O3S2/c1-13-6-4-5-7-16(13)17-12-27-19(22-17)23-18(24)20(2,3)28(25,26)15-10-8-14(21)9-11-15/h4-12H,1-3H3,(H,22,23,24). The van der Waals surface area contributed by atoms with E-state index in [4.69, 9.17) is 0 Å². The molecule has 5 nitrogen and oxygen atoms in total. The van der Waals surface area contributed by atoms with Crippen LogP contribution in [0.1, 0.15) is 19.4 Å². The molecule has 1 heterocycles. The van der Waals surface area contributed by atoms with Gasteiger partial charge in [-0.15, -0.1) is 11.3 Å². The third-order valence-corrected chi connectivity index (χ3v) is 8.20. The molecule has 0 fully saturated rings. The molecule has 0 aliphatic carbocycles. The number of aryl methyl sites for hydroxylation is 1. The summed E-state index contributed by atoms with van der Waals surface area (Å²) in [6.45, 7) is 4.78. The Labute approximate surface area is 176 Å². The van der Waals surface area contributed by atoms with Crippen LogP contribution in [-0.2, 0) is 14.6 Å². The van der Waals surface area contributed by atoms with Crippen LogP contribution in [0.25, 0.3) is 11.3 Å². The molecule has 0 unspecified atom stereocenters. The fraction of sp³-hybridized carbons (Fsp3) is 0.200. The Hall–Kier alpha value is -2.03. The van der Waals surface area contributed by atoms with Crippen molar-refractivity contribution in [1.29, 1.82) is 0 Å². The Kier molecular flexibility index (Phi) is 5.74. The van der Waals surface area contributed by atoms with Crippen molar-refractivity contribution in [2.24, 2.45) is 0 Å². The van der Waals surface area contributed by atoms with Crippen molar-refractivity contribution in [2.45, 2.75) is 30.4 Å². The van der Waals surface area contributed by atoms with Gasteiger partial charge in [0.25, 0.3) is 0 Å². The van der Waals surface area contributed by atoms with Crippen molar-refractivity contribution in [3.63, 3.8) is 0 Å². The number of rotatable bonds is 5. The SMILES string of the molecule is Cc1ccccc1-c1csc(NC(=O)C(C)(C)S(=O)(=O)c2ccc(Br)cc2)n1. The first-order chi connectivity index (χ1) is 13.1. The lowest BCUT2D eigenvalue weighted by Crippen LogP contribution is -2.44. The van der Waals surface area contributed by atoms with Gasteiger partial charge in [0, 0.05) is 15.4 Å². The number of nitrogens with one attached hydrogen (secondary N) is 1. The fourth-order valence-corrected chi connectivity index (χ4v) is 4.94. The number of carbonyl (C=O) groups excluding carboxylic acids is 1. The Bertz CT molecular complexity index is 1120. The van der Waals surface area contributed by atoms with E-state index in [0.29, 0.717) is 5.13 Å². The van der Waals surface area contributed by atoms with Gasteiger partial charge in [0.1, 0.15) is 4.75 Å². The van der Waals surface area contributed by atoms with Crippen LogP contribution in [-0.4, -0.2) is 24.1 Å². The Morgan fingerprint density at radius 1 is 1.11 bits per heavy atom. The normalized spacial score (nSPS) is 12.0. The number of hydrogen-bond donors (Lipinski definition) is 1. The van der Waals surface area contributed by atoms with Crippen LogP contribution < -0.4 is 5.32 Å². The van der Waals surface area contributed by atoms with E-state index in [1.54, 1.807) is 12.1 Å². The highest BCUT2D eigenvalue weighted by atomic mass is 79.9. The Morgan fingerprint density at radius 3 is 2.39 bits per heavy atom.